The van der Waals surface area contributed by atoms with Crippen molar-refractivity contribution in [2.24, 2.45) is 5.73 Å². The summed E-state index contributed by atoms with van der Waals surface area (Å²) in [7, 11) is 0. The Balaban J connectivity index is 2.40. The summed E-state index contributed by atoms with van der Waals surface area (Å²) in [5.74, 6) is -0.0499. The van der Waals surface area contributed by atoms with Gasteiger partial charge in [0.25, 0.3) is 0 Å². The van der Waals surface area contributed by atoms with Crippen LogP contribution in [0.5, 0.6) is 0 Å². The van der Waals surface area contributed by atoms with Gasteiger partial charge in [0.1, 0.15) is 12.1 Å². The van der Waals surface area contributed by atoms with Gasteiger partial charge in [-0.05, 0) is 12.1 Å². The van der Waals surface area contributed by atoms with E-state index in [-0.39, 0.29) is 11.2 Å². The first-order valence-corrected chi connectivity index (χ1v) is 5.45. The summed E-state index contributed by atoms with van der Waals surface area (Å²) in [4.78, 5) is 4.30. The molecule has 2 aromatic rings. The fourth-order valence-electron chi connectivity index (χ4n) is 1.45. The molecule has 17 heavy (non-hydrogen) atoms. The van der Waals surface area contributed by atoms with E-state index in [9.17, 15) is 4.39 Å². The SMILES string of the molecule is CC(C)(CN)c1coc(-c2ccccc2F)n1. The second kappa shape index (κ2) is 4.30. The van der Waals surface area contributed by atoms with Crippen LogP contribution in [0, 0.1) is 5.82 Å². The number of hydrogen-bond acceptors (Lipinski definition) is 3. The summed E-state index contributed by atoms with van der Waals surface area (Å²) in [5.41, 5.74) is 6.49. The summed E-state index contributed by atoms with van der Waals surface area (Å²) in [6, 6.07) is 6.40. The van der Waals surface area contributed by atoms with Crippen molar-refractivity contribution >= 4 is 0 Å². The third-order valence-corrected chi connectivity index (χ3v) is 2.81. The zero-order chi connectivity index (χ0) is 12.5. The first-order valence-electron chi connectivity index (χ1n) is 5.45. The lowest BCUT2D eigenvalue weighted by molar-refractivity contribution is 0.511. The highest BCUT2D eigenvalue weighted by Gasteiger charge is 2.23. The van der Waals surface area contributed by atoms with Crippen LogP contribution in [0.25, 0.3) is 11.5 Å². The number of halogens is 1. The van der Waals surface area contributed by atoms with Crippen LogP contribution in [0.4, 0.5) is 4.39 Å². The van der Waals surface area contributed by atoms with Crippen LogP contribution >= 0.6 is 0 Å². The van der Waals surface area contributed by atoms with Gasteiger partial charge < -0.3 is 10.2 Å². The first-order chi connectivity index (χ1) is 8.04. The maximum absolute atomic E-state index is 13.5. The van der Waals surface area contributed by atoms with Gasteiger partial charge in [0, 0.05) is 12.0 Å². The molecule has 0 fully saturated rings. The topological polar surface area (TPSA) is 52.0 Å². The van der Waals surface area contributed by atoms with Crippen LogP contribution in [0.1, 0.15) is 19.5 Å². The second-order valence-electron chi connectivity index (χ2n) is 4.61. The van der Waals surface area contributed by atoms with Crippen molar-refractivity contribution in [3.8, 4) is 11.5 Å². The van der Waals surface area contributed by atoms with E-state index in [1.165, 1.54) is 12.3 Å². The molecular weight excluding hydrogens is 219 g/mol. The molecule has 2 N–H and O–H groups in total. The largest absolute Gasteiger partial charge is 0.444 e. The smallest absolute Gasteiger partial charge is 0.229 e. The lowest BCUT2D eigenvalue weighted by Gasteiger charge is -2.18. The van der Waals surface area contributed by atoms with Crippen LogP contribution in [0.3, 0.4) is 0 Å². The number of oxazole rings is 1. The third kappa shape index (κ3) is 2.22. The van der Waals surface area contributed by atoms with Crippen LogP contribution in [-0.4, -0.2) is 11.5 Å². The molecule has 0 bridgehead atoms. The fourth-order valence-corrected chi connectivity index (χ4v) is 1.45. The Morgan fingerprint density at radius 1 is 1.35 bits per heavy atom. The van der Waals surface area contributed by atoms with Crippen molar-refractivity contribution < 1.29 is 8.81 Å². The molecule has 0 radical (unpaired) electrons. The van der Waals surface area contributed by atoms with Crippen molar-refractivity contribution in [1.29, 1.82) is 0 Å². The summed E-state index contributed by atoms with van der Waals surface area (Å²) in [5, 5.41) is 0. The monoisotopic (exact) mass is 234 g/mol. The van der Waals surface area contributed by atoms with Crippen molar-refractivity contribution in [3.05, 3.63) is 42.0 Å². The van der Waals surface area contributed by atoms with Crippen LogP contribution in [0.15, 0.2) is 34.9 Å². The summed E-state index contributed by atoms with van der Waals surface area (Å²) in [6.45, 7) is 4.39. The molecule has 1 heterocycles. The van der Waals surface area contributed by atoms with Crippen LogP contribution < -0.4 is 5.73 Å². The lowest BCUT2D eigenvalue weighted by Crippen LogP contribution is -2.28. The Bertz CT molecular complexity index is 520. The molecule has 2 rings (SSSR count). The number of hydrogen-bond donors (Lipinski definition) is 1. The summed E-state index contributed by atoms with van der Waals surface area (Å²) >= 11 is 0. The fraction of sp³-hybridized carbons (Fsp3) is 0.308. The molecule has 0 spiro atoms. The molecule has 0 aliphatic rings. The number of nitrogens with two attached hydrogens (primary N) is 1. The quantitative estimate of drug-likeness (QED) is 0.888. The Kier molecular flexibility index (Phi) is 2.98. The molecule has 0 aliphatic carbocycles. The molecule has 0 saturated heterocycles. The number of rotatable bonds is 3. The third-order valence-electron chi connectivity index (χ3n) is 2.81. The van der Waals surface area contributed by atoms with Crippen molar-refractivity contribution in [2.75, 3.05) is 6.54 Å². The molecule has 0 saturated carbocycles. The van der Waals surface area contributed by atoms with Gasteiger partial charge in [-0.15, -0.1) is 0 Å². The van der Waals surface area contributed by atoms with E-state index >= 15 is 0 Å². The first kappa shape index (κ1) is 11.8. The average molecular weight is 234 g/mol. The molecule has 1 aromatic heterocycles. The second-order valence-corrected chi connectivity index (χ2v) is 4.61. The molecule has 0 aliphatic heterocycles. The summed E-state index contributed by atoms with van der Waals surface area (Å²) in [6.07, 6.45) is 1.54. The Labute approximate surface area is 99.5 Å². The number of nitrogens with zero attached hydrogens (tertiary/aromatic N) is 1. The van der Waals surface area contributed by atoms with Gasteiger partial charge in [-0.3, -0.25) is 0 Å². The molecule has 0 unspecified atom stereocenters. The van der Waals surface area contributed by atoms with Crippen LogP contribution in [-0.2, 0) is 5.41 Å². The van der Waals surface area contributed by atoms with Gasteiger partial charge >= 0.3 is 0 Å². The van der Waals surface area contributed by atoms with Gasteiger partial charge in [0.05, 0.1) is 11.3 Å². The van der Waals surface area contributed by atoms with E-state index in [2.05, 4.69) is 4.98 Å². The van der Waals surface area contributed by atoms with E-state index in [1.54, 1.807) is 18.2 Å². The minimum atomic E-state index is -0.341. The zero-order valence-corrected chi connectivity index (χ0v) is 9.90. The molecule has 0 amide bonds. The predicted octanol–water partition coefficient (Wildman–Crippen LogP) is 2.72. The average Bonchev–Trinajstić information content (AvgIpc) is 2.79. The highest BCUT2D eigenvalue weighted by atomic mass is 19.1. The van der Waals surface area contributed by atoms with Gasteiger partial charge in [0.15, 0.2) is 0 Å². The van der Waals surface area contributed by atoms with Gasteiger partial charge in [-0.2, -0.15) is 0 Å². The van der Waals surface area contributed by atoms with E-state index in [0.29, 0.717) is 18.0 Å². The van der Waals surface area contributed by atoms with E-state index in [4.69, 9.17) is 10.2 Å². The van der Waals surface area contributed by atoms with Gasteiger partial charge in [-0.25, -0.2) is 9.37 Å². The minimum Gasteiger partial charge on any atom is -0.444 e. The van der Waals surface area contributed by atoms with Crippen LogP contribution in [0.2, 0.25) is 0 Å². The highest BCUT2D eigenvalue weighted by molar-refractivity contribution is 5.54. The van der Waals surface area contributed by atoms with Gasteiger partial charge in [0.2, 0.25) is 5.89 Å². The highest BCUT2D eigenvalue weighted by Crippen LogP contribution is 2.26. The van der Waals surface area contributed by atoms with Crippen molar-refractivity contribution in [3.63, 3.8) is 0 Å². The number of benzene rings is 1. The standard InChI is InChI=1S/C13H15FN2O/c1-13(2,8-15)11-7-17-12(16-11)9-5-3-4-6-10(9)14/h3-7H,8,15H2,1-2H3. The van der Waals surface area contributed by atoms with E-state index in [0.717, 1.165) is 5.69 Å². The Hall–Kier alpha value is -1.68. The minimum absolute atomic E-state index is 0.271. The lowest BCUT2D eigenvalue weighted by atomic mass is 9.90. The van der Waals surface area contributed by atoms with Gasteiger partial charge in [-0.1, -0.05) is 26.0 Å². The Morgan fingerprint density at radius 2 is 2.06 bits per heavy atom. The maximum atomic E-state index is 13.5. The molecule has 4 heteroatoms. The molecular formula is C13H15FN2O. The van der Waals surface area contributed by atoms with E-state index < -0.39 is 0 Å². The maximum Gasteiger partial charge on any atom is 0.229 e. The molecule has 3 nitrogen and oxygen atoms in total. The molecule has 1 aromatic carbocycles. The number of aromatic nitrogens is 1. The predicted molar refractivity (Wildman–Crippen MR) is 64.0 cm³/mol. The molecule has 0 atom stereocenters. The van der Waals surface area contributed by atoms with Crippen molar-refractivity contribution in [2.45, 2.75) is 19.3 Å². The summed E-state index contributed by atoms with van der Waals surface area (Å²) < 4.78 is 18.9. The normalized spacial score (nSPS) is 11.8. The van der Waals surface area contributed by atoms with E-state index in [1.807, 2.05) is 13.8 Å². The Morgan fingerprint density at radius 3 is 2.71 bits per heavy atom. The van der Waals surface area contributed by atoms with Crippen molar-refractivity contribution in [1.82, 2.24) is 4.98 Å². The zero-order valence-electron chi connectivity index (χ0n) is 9.90. The molecule has 90 valence electrons.